The average molecular weight is 944 g/mol. The number of benzene rings is 11. The zero-order valence-corrected chi connectivity index (χ0v) is 42.1. The van der Waals surface area contributed by atoms with Crippen molar-refractivity contribution in [3.8, 4) is 77.9 Å². The second-order valence-electron chi connectivity index (χ2n) is 21.9. The number of para-hydroxylation sites is 1. The molecule has 350 valence electrons. The Morgan fingerprint density at radius 2 is 0.581 bits per heavy atom. The molecule has 0 saturated heterocycles. The maximum atomic E-state index is 2.47. The van der Waals surface area contributed by atoms with Crippen molar-refractivity contribution in [1.82, 2.24) is 0 Å². The number of hydrogen-bond donors (Lipinski definition) is 0. The minimum absolute atomic E-state index is 0.0292. The van der Waals surface area contributed by atoms with Crippen LogP contribution in [0.25, 0.3) is 77.9 Å². The Labute approximate surface area is 434 Å². The molecule has 0 unspecified atom stereocenters. The Balaban J connectivity index is 0.860. The maximum Gasteiger partial charge on any atom is 0.0725 e. The van der Waals surface area contributed by atoms with Crippen molar-refractivity contribution in [2.75, 3.05) is 4.90 Å². The van der Waals surface area contributed by atoms with Crippen LogP contribution in [0.3, 0.4) is 0 Å². The number of anilines is 3. The summed E-state index contributed by atoms with van der Waals surface area (Å²) in [5, 5.41) is 0. The van der Waals surface area contributed by atoms with Crippen LogP contribution in [0.15, 0.2) is 249 Å². The lowest BCUT2D eigenvalue weighted by atomic mass is 9.70. The molecule has 0 amide bonds. The third-order valence-electron chi connectivity index (χ3n) is 17.5. The molecule has 74 heavy (non-hydrogen) atoms. The molecule has 1 spiro atoms. The average Bonchev–Trinajstić information content (AvgIpc) is 4.09. The molecule has 4 aliphatic rings. The summed E-state index contributed by atoms with van der Waals surface area (Å²) >= 11 is 0. The molecule has 1 heteroatoms. The van der Waals surface area contributed by atoms with Gasteiger partial charge in [0, 0.05) is 27.8 Å². The first-order valence-electron chi connectivity index (χ1n) is 26.2. The minimum atomic E-state index is -0.357. The van der Waals surface area contributed by atoms with Gasteiger partial charge in [-0.25, -0.2) is 0 Å². The first-order chi connectivity index (χ1) is 36.2. The molecule has 0 fully saturated rings. The lowest BCUT2D eigenvalue weighted by Gasteiger charge is -2.30. The van der Waals surface area contributed by atoms with E-state index in [1.807, 2.05) is 0 Å². The Bertz CT molecular complexity index is 4080. The van der Waals surface area contributed by atoms with E-state index in [0.717, 1.165) is 17.1 Å². The highest BCUT2D eigenvalue weighted by Crippen LogP contribution is 2.63. The van der Waals surface area contributed by atoms with Crippen LogP contribution in [0.5, 0.6) is 0 Å². The fourth-order valence-corrected chi connectivity index (χ4v) is 14.1. The van der Waals surface area contributed by atoms with E-state index in [1.54, 1.807) is 0 Å². The fraction of sp³-hybridized carbons (Fsp3) is 0.0959. The monoisotopic (exact) mass is 943 g/mol. The molecule has 0 aliphatic heterocycles. The number of hydrogen-bond acceptors (Lipinski definition) is 1. The van der Waals surface area contributed by atoms with Crippen molar-refractivity contribution in [1.29, 1.82) is 0 Å². The van der Waals surface area contributed by atoms with Crippen LogP contribution >= 0.6 is 0 Å². The second-order valence-corrected chi connectivity index (χ2v) is 21.9. The van der Waals surface area contributed by atoms with Crippen LogP contribution in [-0.2, 0) is 16.2 Å². The maximum absolute atomic E-state index is 2.47. The van der Waals surface area contributed by atoms with E-state index in [1.165, 1.54) is 122 Å². The van der Waals surface area contributed by atoms with Gasteiger partial charge in [-0.15, -0.1) is 0 Å². The van der Waals surface area contributed by atoms with Crippen molar-refractivity contribution < 1.29 is 0 Å². The molecule has 11 aromatic rings. The fourth-order valence-electron chi connectivity index (χ4n) is 14.1. The van der Waals surface area contributed by atoms with Crippen LogP contribution in [-0.4, -0.2) is 0 Å². The third-order valence-corrected chi connectivity index (χ3v) is 17.5. The molecule has 11 aromatic carbocycles. The summed E-state index contributed by atoms with van der Waals surface area (Å²) in [5.74, 6) is 0. The zero-order valence-electron chi connectivity index (χ0n) is 42.1. The summed E-state index contributed by atoms with van der Waals surface area (Å²) in [6.45, 7) is 9.44. The van der Waals surface area contributed by atoms with Gasteiger partial charge in [0.15, 0.2) is 0 Å². The van der Waals surface area contributed by atoms with E-state index in [-0.39, 0.29) is 16.2 Å². The largest absolute Gasteiger partial charge is 0.310 e. The first-order valence-corrected chi connectivity index (χ1v) is 26.2. The van der Waals surface area contributed by atoms with E-state index < -0.39 is 0 Å². The number of rotatable bonds is 6. The van der Waals surface area contributed by atoms with Crippen LogP contribution in [0.1, 0.15) is 72.2 Å². The van der Waals surface area contributed by atoms with Crippen LogP contribution in [0.4, 0.5) is 17.1 Å². The van der Waals surface area contributed by atoms with Gasteiger partial charge in [-0.05, 0) is 159 Å². The Kier molecular flexibility index (Phi) is 9.04. The predicted octanol–water partition coefficient (Wildman–Crippen LogP) is 19.1. The molecule has 0 radical (unpaired) electrons. The number of nitrogens with zero attached hydrogens (tertiary/aromatic N) is 1. The van der Waals surface area contributed by atoms with E-state index in [9.17, 15) is 0 Å². The molecule has 1 nitrogen and oxygen atoms in total. The summed E-state index contributed by atoms with van der Waals surface area (Å²) in [5.41, 5.74) is 31.7. The van der Waals surface area contributed by atoms with Crippen LogP contribution < -0.4 is 4.90 Å². The predicted molar refractivity (Wildman–Crippen MR) is 309 cm³/mol. The zero-order chi connectivity index (χ0) is 49.5. The van der Waals surface area contributed by atoms with Crippen molar-refractivity contribution in [3.63, 3.8) is 0 Å². The van der Waals surface area contributed by atoms with Crippen molar-refractivity contribution in [2.24, 2.45) is 0 Å². The molecule has 0 N–H and O–H groups in total. The standard InChI is InChI=1S/C73H53N/c1-71(2)61-25-11-5-20-54(61)59-44-48(36-42-63(59)71)46-32-38-50(39-33-46)74(69-31-16-10-22-56(69)57-24-17-30-68-70(57)58-23-9-12-26-62(58)72(68,3)4)51-40-34-47(35-41-51)49-37-43-67-60(45-49)55-21-8-15-29-66(55)73(67)64-27-13-6-18-52(64)53-19-7-14-28-65(53)73/h5-45H,1-4H3. The van der Waals surface area contributed by atoms with Gasteiger partial charge in [0.1, 0.15) is 0 Å². The SMILES string of the molecule is CC1(C)c2ccccc2-c2cc(-c3ccc(N(c4ccc(-c5ccc6c(c5)-c5ccccc5C65c6ccccc6-c6ccccc65)cc4)c4ccccc4-c4cccc5c4-c4ccccc4C5(C)C)cc3)ccc21. The van der Waals surface area contributed by atoms with Crippen molar-refractivity contribution >= 4 is 17.1 Å². The summed E-state index contributed by atoms with van der Waals surface area (Å²) in [7, 11) is 0. The van der Waals surface area contributed by atoms with E-state index in [4.69, 9.17) is 0 Å². The molecule has 0 atom stereocenters. The van der Waals surface area contributed by atoms with Crippen molar-refractivity contribution in [2.45, 2.75) is 43.9 Å². The lowest BCUT2D eigenvalue weighted by Crippen LogP contribution is -2.25. The highest BCUT2D eigenvalue weighted by atomic mass is 15.1. The number of fused-ring (bicyclic) bond motifs is 16. The van der Waals surface area contributed by atoms with Gasteiger partial charge in [-0.1, -0.05) is 234 Å². The van der Waals surface area contributed by atoms with Gasteiger partial charge in [0.2, 0.25) is 0 Å². The Morgan fingerprint density at radius 1 is 0.243 bits per heavy atom. The first kappa shape index (κ1) is 42.9. The molecule has 0 saturated carbocycles. The van der Waals surface area contributed by atoms with Gasteiger partial charge < -0.3 is 4.90 Å². The molecule has 0 aromatic heterocycles. The van der Waals surface area contributed by atoms with Crippen LogP contribution in [0, 0.1) is 0 Å². The normalized spacial score (nSPS) is 14.8. The summed E-state index contributed by atoms with van der Waals surface area (Å²) in [6, 6.07) is 93.8. The summed E-state index contributed by atoms with van der Waals surface area (Å²) in [4.78, 5) is 2.47. The van der Waals surface area contributed by atoms with Gasteiger partial charge >= 0.3 is 0 Å². The second kappa shape index (κ2) is 15.6. The van der Waals surface area contributed by atoms with E-state index in [0.29, 0.717) is 0 Å². The third kappa shape index (κ3) is 5.81. The molecule has 0 heterocycles. The van der Waals surface area contributed by atoms with E-state index in [2.05, 4.69) is 281 Å². The molecule has 15 rings (SSSR count). The smallest absolute Gasteiger partial charge is 0.0725 e. The molecular weight excluding hydrogens is 891 g/mol. The van der Waals surface area contributed by atoms with Crippen LogP contribution in [0.2, 0.25) is 0 Å². The van der Waals surface area contributed by atoms with Gasteiger partial charge in [-0.3, -0.25) is 0 Å². The highest BCUT2D eigenvalue weighted by Gasteiger charge is 2.51. The topological polar surface area (TPSA) is 3.24 Å². The summed E-state index contributed by atoms with van der Waals surface area (Å²) < 4.78 is 0. The highest BCUT2D eigenvalue weighted by molar-refractivity contribution is 6.00. The quantitative estimate of drug-likeness (QED) is 0.161. The molecule has 0 bridgehead atoms. The molecule has 4 aliphatic carbocycles. The lowest BCUT2D eigenvalue weighted by molar-refractivity contribution is 0.660. The van der Waals surface area contributed by atoms with Crippen molar-refractivity contribution in [3.05, 3.63) is 293 Å². The van der Waals surface area contributed by atoms with E-state index >= 15 is 0 Å². The Morgan fingerprint density at radius 3 is 1.14 bits per heavy atom. The molecular formula is C73H53N. The summed E-state index contributed by atoms with van der Waals surface area (Å²) in [6.07, 6.45) is 0. The van der Waals surface area contributed by atoms with Gasteiger partial charge in [0.05, 0.1) is 11.1 Å². The van der Waals surface area contributed by atoms with Gasteiger partial charge in [0.25, 0.3) is 0 Å². The minimum Gasteiger partial charge on any atom is -0.310 e. The Hall–Kier alpha value is -8.78. The van der Waals surface area contributed by atoms with Gasteiger partial charge in [-0.2, -0.15) is 0 Å².